The van der Waals surface area contributed by atoms with Gasteiger partial charge in [0, 0.05) is 31.5 Å². The predicted octanol–water partition coefficient (Wildman–Crippen LogP) is 2.00. The highest BCUT2D eigenvalue weighted by Gasteiger charge is 2.14. The van der Waals surface area contributed by atoms with E-state index in [0.29, 0.717) is 17.4 Å². The van der Waals surface area contributed by atoms with Gasteiger partial charge in [-0.15, -0.1) is 0 Å². The summed E-state index contributed by atoms with van der Waals surface area (Å²) in [4.78, 5) is 4.05. The van der Waals surface area contributed by atoms with E-state index in [-0.39, 0.29) is 6.04 Å². The van der Waals surface area contributed by atoms with Crippen molar-refractivity contribution in [3.8, 4) is 0 Å². The van der Waals surface area contributed by atoms with Gasteiger partial charge < -0.3 is 15.8 Å². The fourth-order valence-electron chi connectivity index (χ4n) is 1.59. The van der Waals surface area contributed by atoms with Crippen LogP contribution in [0.4, 0.5) is 5.82 Å². The van der Waals surface area contributed by atoms with Crippen molar-refractivity contribution in [3.63, 3.8) is 0 Å². The number of methoxy groups -OCH3 is 1. The fourth-order valence-corrected chi connectivity index (χ4v) is 1.76. The molecule has 1 aromatic rings. The number of aromatic nitrogens is 1. The van der Waals surface area contributed by atoms with Crippen molar-refractivity contribution >= 4 is 17.4 Å². The number of hydrogen-bond donors (Lipinski definition) is 2. The summed E-state index contributed by atoms with van der Waals surface area (Å²) in [5.74, 6) is 0.520. The minimum absolute atomic E-state index is 0.135. The average molecular weight is 244 g/mol. The summed E-state index contributed by atoms with van der Waals surface area (Å²) in [5.41, 5.74) is 6.78. The molecule has 0 saturated carbocycles. The first-order valence-electron chi connectivity index (χ1n) is 5.32. The summed E-state index contributed by atoms with van der Waals surface area (Å²) in [6, 6.07) is 1.99. The second-order valence-corrected chi connectivity index (χ2v) is 3.96. The maximum Gasteiger partial charge on any atom is 0.128 e. The normalized spacial score (nSPS) is 12.7. The Balaban J connectivity index is 2.85. The summed E-state index contributed by atoms with van der Waals surface area (Å²) in [6.07, 6.45) is 2.40. The van der Waals surface area contributed by atoms with Crippen LogP contribution in [0.3, 0.4) is 0 Å². The van der Waals surface area contributed by atoms with Gasteiger partial charge in [-0.1, -0.05) is 18.5 Å². The van der Waals surface area contributed by atoms with Gasteiger partial charge >= 0.3 is 0 Å². The quantitative estimate of drug-likeness (QED) is 0.803. The Morgan fingerprint density at radius 2 is 2.38 bits per heavy atom. The van der Waals surface area contributed by atoms with E-state index in [4.69, 9.17) is 22.1 Å². The van der Waals surface area contributed by atoms with Gasteiger partial charge in [-0.25, -0.2) is 4.98 Å². The van der Waals surface area contributed by atoms with Crippen LogP contribution in [-0.4, -0.2) is 25.2 Å². The molecule has 1 unspecified atom stereocenters. The third-order valence-electron chi connectivity index (χ3n) is 2.35. The smallest absolute Gasteiger partial charge is 0.128 e. The lowest BCUT2D eigenvalue weighted by molar-refractivity contribution is 0.183. The summed E-state index contributed by atoms with van der Waals surface area (Å²) < 4.78 is 5.08. The summed E-state index contributed by atoms with van der Waals surface area (Å²) in [7, 11) is 1.68. The first kappa shape index (κ1) is 13.2. The molecule has 4 nitrogen and oxygen atoms in total. The van der Waals surface area contributed by atoms with E-state index in [9.17, 15) is 0 Å². The predicted molar refractivity (Wildman–Crippen MR) is 66.6 cm³/mol. The lowest BCUT2D eigenvalue weighted by Gasteiger charge is -2.19. The van der Waals surface area contributed by atoms with Crippen molar-refractivity contribution < 1.29 is 4.74 Å². The largest absolute Gasteiger partial charge is 0.385 e. The molecule has 0 aliphatic carbocycles. The van der Waals surface area contributed by atoms with Crippen LogP contribution < -0.4 is 11.1 Å². The SMILES string of the molecule is CCNC(CCOC)c1cc(Cl)cnc1N. The highest BCUT2D eigenvalue weighted by atomic mass is 35.5. The van der Waals surface area contributed by atoms with Crippen LogP contribution in [0, 0.1) is 0 Å². The Bertz CT molecular complexity index is 333. The van der Waals surface area contributed by atoms with Crippen LogP contribution in [0.2, 0.25) is 5.02 Å². The number of nitrogens with two attached hydrogens (primary N) is 1. The van der Waals surface area contributed by atoms with Crippen LogP contribution in [0.5, 0.6) is 0 Å². The molecule has 0 spiro atoms. The first-order valence-corrected chi connectivity index (χ1v) is 5.70. The summed E-state index contributed by atoms with van der Waals surface area (Å²) in [6.45, 7) is 3.58. The maximum absolute atomic E-state index is 5.92. The number of anilines is 1. The number of nitrogens with one attached hydrogen (secondary N) is 1. The first-order chi connectivity index (χ1) is 7.69. The Morgan fingerprint density at radius 3 is 3.00 bits per heavy atom. The number of hydrogen-bond acceptors (Lipinski definition) is 4. The van der Waals surface area contributed by atoms with Crippen molar-refractivity contribution in [2.75, 3.05) is 26.0 Å². The van der Waals surface area contributed by atoms with Crippen LogP contribution in [0.1, 0.15) is 24.9 Å². The third kappa shape index (κ3) is 3.63. The minimum Gasteiger partial charge on any atom is -0.385 e. The Morgan fingerprint density at radius 1 is 1.62 bits per heavy atom. The Labute approximate surface area is 101 Å². The van der Waals surface area contributed by atoms with Gasteiger partial charge in [-0.05, 0) is 19.0 Å². The molecule has 0 aromatic carbocycles. The highest BCUT2D eigenvalue weighted by molar-refractivity contribution is 6.30. The van der Waals surface area contributed by atoms with Crippen molar-refractivity contribution in [3.05, 3.63) is 22.8 Å². The topological polar surface area (TPSA) is 60.2 Å². The molecule has 0 saturated heterocycles. The molecule has 1 heterocycles. The molecule has 1 rings (SSSR count). The van der Waals surface area contributed by atoms with Crippen molar-refractivity contribution in [1.29, 1.82) is 0 Å². The lowest BCUT2D eigenvalue weighted by atomic mass is 10.1. The van der Waals surface area contributed by atoms with E-state index >= 15 is 0 Å². The zero-order valence-electron chi connectivity index (χ0n) is 9.66. The van der Waals surface area contributed by atoms with E-state index in [1.807, 2.05) is 13.0 Å². The lowest BCUT2D eigenvalue weighted by Crippen LogP contribution is -2.23. The molecule has 0 aliphatic heterocycles. The molecule has 0 aliphatic rings. The zero-order chi connectivity index (χ0) is 12.0. The third-order valence-corrected chi connectivity index (χ3v) is 2.56. The average Bonchev–Trinajstić information content (AvgIpc) is 2.28. The molecule has 0 bridgehead atoms. The Hall–Kier alpha value is -0.840. The van der Waals surface area contributed by atoms with Crippen LogP contribution in [0.25, 0.3) is 0 Å². The number of nitrogens with zero attached hydrogens (tertiary/aromatic N) is 1. The van der Waals surface area contributed by atoms with E-state index in [2.05, 4.69) is 10.3 Å². The molecular weight excluding hydrogens is 226 g/mol. The van der Waals surface area contributed by atoms with Crippen molar-refractivity contribution in [1.82, 2.24) is 10.3 Å². The second kappa shape index (κ2) is 6.68. The molecule has 1 aromatic heterocycles. The van der Waals surface area contributed by atoms with E-state index in [1.54, 1.807) is 13.3 Å². The number of ether oxygens (including phenoxy) is 1. The van der Waals surface area contributed by atoms with Gasteiger partial charge in [0.05, 0.1) is 5.02 Å². The van der Waals surface area contributed by atoms with Gasteiger partial charge in [0.15, 0.2) is 0 Å². The van der Waals surface area contributed by atoms with Crippen LogP contribution in [0.15, 0.2) is 12.3 Å². The molecule has 3 N–H and O–H groups in total. The molecule has 0 fully saturated rings. The summed E-state index contributed by atoms with van der Waals surface area (Å²) in [5, 5.41) is 3.94. The van der Waals surface area contributed by atoms with Gasteiger partial charge in [0.25, 0.3) is 0 Å². The molecule has 0 amide bonds. The number of rotatable bonds is 6. The van der Waals surface area contributed by atoms with Crippen LogP contribution >= 0.6 is 11.6 Å². The van der Waals surface area contributed by atoms with Crippen molar-refractivity contribution in [2.45, 2.75) is 19.4 Å². The molecular formula is C11H18ClN3O. The number of nitrogen functional groups attached to an aromatic ring is 1. The van der Waals surface area contributed by atoms with Gasteiger partial charge in [-0.2, -0.15) is 0 Å². The number of pyridine rings is 1. The summed E-state index contributed by atoms with van der Waals surface area (Å²) >= 11 is 5.92. The Kier molecular flexibility index (Phi) is 5.52. The van der Waals surface area contributed by atoms with E-state index < -0.39 is 0 Å². The van der Waals surface area contributed by atoms with Gasteiger partial charge in [-0.3, -0.25) is 0 Å². The number of halogens is 1. The van der Waals surface area contributed by atoms with E-state index in [1.165, 1.54) is 0 Å². The highest BCUT2D eigenvalue weighted by Crippen LogP contribution is 2.24. The van der Waals surface area contributed by atoms with Gasteiger partial charge in [0.2, 0.25) is 0 Å². The second-order valence-electron chi connectivity index (χ2n) is 3.52. The monoisotopic (exact) mass is 243 g/mol. The minimum atomic E-state index is 0.135. The molecule has 16 heavy (non-hydrogen) atoms. The molecule has 5 heteroatoms. The standard InChI is InChI=1S/C11H18ClN3O/c1-3-14-10(4-5-16-2)9-6-8(12)7-15-11(9)13/h6-7,10,14H,3-5H2,1-2H3,(H2,13,15). The molecule has 90 valence electrons. The molecule has 1 atom stereocenters. The van der Waals surface area contributed by atoms with Gasteiger partial charge in [0.1, 0.15) is 5.82 Å². The van der Waals surface area contributed by atoms with E-state index in [0.717, 1.165) is 18.5 Å². The molecule has 0 radical (unpaired) electrons. The maximum atomic E-state index is 5.92. The van der Waals surface area contributed by atoms with Crippen molar-refractivity contribution in [2.24, 2.45) is 0 Å². The zero-order valence-corrected chi connectivity index (χ0v) is 10.4. The fraction of sp³-hybridized carbons (Fsp3) is 0.545. The van der Waals surface area contributed by atoms with Crippen LogP contribution in [-0.2, 0) is 4.74 Å².